The molecule has 3 rings (SSSR count). The van der Waals surface area contributed by atoms with E-state index in [0.29, 0.717) is 12.5 Å². The van der Waals surface area contributed by atoms with Gasteiger partial charge in [-0.05, 0) is 48.8 Å². The fourth-order valence-corrected chi connectivity index (χ4v) is 3.67. The zero-order chi connectivity index (χ0) is 15.0. The van der Waals surface area contributed by atoms with Crippen molar-refractivity contribution in [3.63, 3.8) is 0 Å². The predicted molar refractivity (Wildman–Crippen MR) is 80.2 cm³/mol. The van der Waals surface area contributed by atoms with E-state index in [1.54, 1.807) is 12.1 Å². The first-order valence-electron chi connectivity index (χ1n) is 7.88. The Morgan fingerprint density at radius 3 is 3.00 bits per heavy atom. The summed E-state index contributed by atoms with van der Waals surface area (Å²) in [6.07, 6.45) is 3.04. The summed E-state index contributed by atoms with van der Waals surface area (Å²) in [5.41, 5.74) is 6.81. The topological polar surface area (TPSA) is 46.3 Å². The Kier molecular flexibility index (Phi) is 3.98. The van der Waals surface area contributed by atoms with Gasteiger partial charge in [0.2, 0.25) is 5.91 Å². The van der Waals surface area contributed by atoms with E-state index in [-0.39, 0.29) is 29.6 Å². The maximum Gasteiger partial charge on any atom is 0.226 e. The van der Waals surface area contributed by atoms with Crippen molar-refractivity contribution < 1.29 is 9.18 Å². The molecule has 1 aromatic carbocycles. The summed E-state index contributed by atoms with van der Waals surface area (Å²) in [6, 6.07) is 6.80. The Labute approximate surface area is 125 Å². The monoisotopic (exact) mass is 290 g/mol. The minimum absolute atomic E-state index is 0.0196. The van der Waals surface area contributed by atoms with Gasteiger partial charge in [-0.15, -0.1) is 0 Å². The fraction of sp³-hybridized carbons (Fsp3) is 0.588. The Balaban J connectivity index is 1.69. The summed E-state index contributed by atoms with van der Waals surface area (Å²) in [4.78, 5) is 14.7. The highest BCUT2D eigenvalue weighted by atomic mass is 19.1. The van der Waals surface area contributed by atoms with Gasteiger partial charge in [-0.1, -0.05) is 19.1 Å². The average Bonchev–Trinajstić information content (AvgIpc) is 3.26. The minimum atomic E-state index is -0.225. The van der Waals surface area contributed by atoms with Crippen LogP contribution in [0, 0.1) is 17.7 Å². The zero-order valence-corrected chi connectivity index (χ0v) is 12.5. The lowest BCUT2D eigenvalue weighted by Gasteiger charge is -2.39. The van der Waals surface area contributed by atoms with Gasteiger partial charge >= 0.3 is 0 Å². The SMILES string of the molecule is C[C@@H]1CCCN(C(=O)[C@@H]2C[C@H]2c2cccc(F)c2)[C@@H]1CN. The van der Waals surface area contributed by atoms with E-state index >= 15 is 0 Å². The summed E-state index contributed by atoms with van der Waals surface area (Å²) in [5, 5.41) is 0. The van der Waals surface area contributed by atoms with Crippen molar-refractivity contribution in [3.05, 3.63) is 35.6 Å². The third-order valence-corrected chi connectivity index (χ3v) is 5.02. The first-order chi connectivity index (χ1) is 10.1. The van der Waals surface area contributed by atoms with Crippen molar-refractivity contribution in [3.8, 4) is 0 Å². The Morgan fingerprint density at radius 2 is 2.29 bits per heavy atom. The van der Waals surface area contributed by atoms with Crippen LogP contribution in [0.4, 0.5) is 4.39 Å². The zero-order valence-electron chi connectivity index (χ0n) is 12.5. The lowest BCUT2D eigenvalue weighted by atomic mass is 9.90. The van der Waals surface area contributed by atoms with Gasteiger partial charge in [-0.25, -0.2) is 4.39 Å². The van der Waals surface area contributed by atoms with Crippen LogP contribution in [0.2, 0.25) is 0 Å². The molecule has 1 saturated heterocycles. The molecule has 1 aliphatic carbocycles. The van der Waals surface area contributed by atoms with Crippen LogP contribution >= 0.6 is 0 Å². The van der Waals surface area contributed by atoms with Gasteiger partial charge in [-0.2, -0.15) is 0 Å². The molecule has 0 spiro atoms. The Hall–Kier alpha value is -1.42. The van der Waals surface area contributed by atoms with Crippen LogP contribution in [0.3, 0.4) is 0 Å². The van der Waals surface area contributed by atoms with Gasteiger partial charge in [0.25, 0.3) is 0 Å². The molecule has 1 aromatic rings. The summed E-state index contributed by atoms with van der Waals surface area (Å²) in [7, 11) is 0. The second-order valence-corrected chi connectivity index (χ2v) is 6.46. The third-order valence-electron chi connectivity index (χ3n) is 5.02. The number of carbonyl (C=O) groups is 1. The molecular formula is C17H23FN2O. The molecule has 1 heterocycles. The first kappa shape index (κ1) is 14.5. The molecule has 1 saturated carbocycles. The standard InChI is InChI=1S/C17H23FN2O/c1-11-4-3-7-20(16(11)10-19)17(21)15-9-14(15)12-5-2-6-13(18)8-12/h2,5-6,8,11,14-16H,3-4,7,9-10,19H2,1H3/t11-,14+,15-,16-/m1/s1. The van der Waals surface area contributed by atoms with Gasteiger partial charge in [0.1, 0.15) is 5.82 Å². The normalized spacial score (nSPS) is 32.0. The van der Waals surface area contributed by atoms with Gasteiger partial charge in [0.15, 0.2) is 0 Å². The number of rotatable bonds is 3. The predicted octanol–water partition coefficient (Wildman–Crippen LogP) is 2.52. The number of benzene rings is 1. The molecule has 1 amide bonds. The molecule has 3 nitrogen and oxygen atoms in total. The molecule has 0 aromatic heterocycles. The average molecular weight is 290 g/mol. The third kappa shape index (κ3) is 2.82. The van der Waals surface area contributed by atoms with E-state index in [0.717, 1.165) is 31.4 Å². The number of halogens is 1. The van der Waals surface area contributed by atoms with Gasteiger partial charge in [0, 0.05) is 25.0 Å². The summed E-state index contributed by atoms with van der Waals surface area (Å²) in [6.45, 7) is 3.52. The number of piperidine rings is 1. The minimum Gasteiger partial charge on any atom is -0.338 e. The van der Waals surface area contributed by atoms with Crippen LogP contribution in [0.1, 0.15) is 37.7 Å². The van der Waals surface area contributed by atoms with Crippen LogP contribution < -0.4 is 5.73 Å². The number of amides is 1. The lowest BCUT2D eigenvalue weighted by molar-refractivity contribution is -0.137. The van der Waals surface area contributed by atoms with Crippen LogP contribution in [0.25, 0.3) is 0 Å². The van der Waals surface area contributed by atoms with Crippen molar-refractivity contribution in [1.29, 1.82) is 0 Å². The molecule has 2 fully saturated rings. The van der Waals surface area contributed by atoms with Crippen LogP contribution in [0.15, 0.2) is 24.3 Å². The molecule has 0 unspecified atom stereocenters. The number of carbonyl (C=O) groups excluding carboxylic acids is 1. The lowest BCUT2D eigenvalue weighted by Crippen LogP contribution is -2.52. The molecule has 2 N–H and O–H groups in total. The fourth-order valence-electron chi connectivity index (χ4n) is 3.67. The van der Waals surface area contributed by atoms with E-state index in [2.05, 4.69) is 6.92 Å². The summed E-state index contributed by atoms with van der Waals surface area (Å²) >= 11 is 0. The number of nitrogens with two attached hydrogens (primary N) is 1. The van der Waals surface area contributed by atoms with E-state index in [1.807, 2.05) is 11.0 Å². The van der Waals surface area contributed by atoms with Crippen LogP contribution in [-0.4, -0.2) is 29.9 Å². The highest BCUT2D eigenvalue weighted by molar-refractivity contribution is 5.83. The van der Waals surface area contributed by atoms with E-state index in [4.69, 9.17) is 5.73 Å². The Morgan fingerprint density at radius 1 is 1.48 bits per heavy atom. The second-order valence-electron chi connectivity index (χ2n) is 6.46. The van der Waals surface area contributed by atoms with Crippen molar-refractivity contribution in [2.45, 2.75) is 38.1 Å². The number of hydrogen-bond donors (Lipinski definition) is 1. The van der Waals surface area contributed by atoms with Crippen LogP contribution in [-0.2, 0) is 4.79 Å². The van der Waals surface area contributed by atoms with E-state index < -0.39 is 0 Å². The van der Waals surface area contributed by atoms with Gasteiger partial charge in [0.05, 0.1) is 0 Å². The Bertz CT molecular complexity index is 533. The largest absolute Gasteiger partial charge is 0.338 e. The van der Waals surface area contributed by atoms with Gasteiger partial charge in [-0.3, -0.25) is 4.79 Å². The van der Waals surface area contributed by atoms with E-state index in [1.165, 1.54) is 6.07 Å². The first-order valence-corrected chi connectivity index (χ1v) is 7.88. The number of hydrogen-bond acceptors (Lipinski definition) is 2. The molecule has 0 radical (unpaired) electrons. The number of nitrogens with zero attached hydrogens (tertiary/aromatic N) is 1. The van der Waals surface area contributed by atoms with Crippen molar-refractivity contribution >= 4 is 5.91 Å². The molecule has 114 valence electrons. The molecule has 1 aliphatic heterocycles. The summed E-state index contributed by atoms with van der Waals surface area (Å²) < 4.78 is 13.3. The molecule has 4 heteroatoms. The van der Waals surface area contributed by atoms with E-state index in [9.17, 15) is 9.18 Å². The highest BCUT2D eigenvalue weighted by Crippen LogP contribution is 2.49. The van der Waals surface area contributed by atoms with Crippen molar-refractivity contribution in [2.24, 2.45) is 17.6 Å². The smallest absolute Gasteiger partial charge is 0.226 e. The maximum absolute atomic E-state index is 13.3. The molecule has 21 heavy (non-hydrogen) atoms. The molecule has 0 bridgehead atoms. The second kappa shape index (κ2) is 5.76. The maximum atomic E-state index is 13.3. The molecule has 2 aliphatic rings. The van der Waals surface area contributed by atoms with Crippen molar-refractivity contribution in [1.82, 2.24) is 4.90 Å². The summed E-state index contributed by atoms with van der Waals surface area (Å²) in [5.74, 6) is 0.664. The van der Waals surface area contributed by atoms with Crippen LogP contribution in [0.5, 0.6) is 0 Å². The van der Waals surface area contributed by atoms with Gasteiger partial charge < -0.3 is 10.6 Å². The van der Waals surface area contributed by atoms with Crippen molar-refractivity contribution in [2.75, 3.05) is 13.1 Å². The number of likely N-dealkylation sites (tertiary alicyclic amines) is 1. The highest BCUT2D eigenvalue weighted by Gasteiger charge is 2.47. The molecular weight excluding hydrogens is 267 g/mol. The quantitative estimate of drug-likeness (QED) is 0.929. The molecule has 4 atom stereocenters.